The zero-order valence-electron chi connectivity index (χ0n) is 15.0. The molecule has 0 aliphatic heterocycles. The molecule has 0 heterocycles. The third-order valence-electron chi connectivity index (χ3n) is 3.49. The Kier molecular flexibility index (Phi) is 8.38. The van der Waals surface area contributed by atoms with Crippen LogP contribution >= 0.6 is 0 Å². The van der Waals surface area contributed by atoms with E-state index in [1.54, 1.807) is 12.1 Å². The highest BCUT2D eigenvalue weighted by Crippen LogP contribution is 2.40. The van der Waals surface area contributed by atoms with Gasteiger partial charge in [-0.15, -0.1) is 0 Å². The van der Waals surface area contributed by atoms with Crippen molar-refractivity contribution in [3.05, 3.63) is 17.7 Å². The molecule has 8 nitrogen and oxygen atoms in total. The fourth-order valence-corrected chi connectivity index (χ4v) is 2.22. The number of carbonyl (C=O) groups excluding carboxylic acids is 1. The monoisotopic (exact) mass is 355 g/mol. The van der Waals surface area contributed by atoms with Crippen molar-refractivity contribution < 1.29 is 33.6 Å². The van der Waals surface area contributed by atoms with Crippen LogP contribution in [0, 0.1) is 0 Å². The lowest BCUT2D eigenvalue weighted by atomic mass is 10.0. The molecule has 1 unspecified atom stereocenters. The molecule has 0 radical (unpaired) electrons. The van der Waals surface area contributed by atoms with Crippen molar-refractivity contribution in [2.75, 3.05) is 27.9 Å². The van der Waals surface area contributed by atoms with Gasteiger partial charge in [-0.25, -0.2) is 4.79 Å². The summed E-state index contributed by atoms with van der Waals surface area (Å²) in [5.74, 6) is 0.0581. The van der Waals surface area contributed by atoms with Crippen LogP contribution in [-0.2, 0) is 9.53 Å². The number of hydrogen-bond acceptors (Lipinski definition) is 6. The van der Waals surface area contributed by atoms with E-state index in [2.05, 4.69) is 5.32 Å². The number of rotatable bonds is 10. The smallest absolute Gasteiger partial charge is 0.407 e. The third kappa shape index (κ3) is 6.06. The van der Waals surface area contributed by atoms with Gasteiger partial charge in [0.1, 0.15) is 0 Å². The Morgan fingerprint density at radius 2 is 1.72 bits per heavy atom. The summed E-state index contributed by atoms with van der Waals surface area (Å²) in [5, 5.41) is 11.7. The van der Waals surface area contributed by atoms with Crippen molar-refractivity contribution in [2.24, 2.45) is 0 Å². The second kappa shape index (κ2) is 10.3. The largest absolute Gasteiger partial charge is 0.493 e. The molecule has 0 aliphatic carbocycles. The molecule has 1 aromatic rings. The Morgan fingerprint density at radius 1 is 1.12 bits per heavy atom. The molecule has 25 heavy (non-hydrogen) atoms. The molecule has 0 bridgehead atoms. The van der Waals surface area contributed by atoms with Crippen molar-refractivity contribution in [2.45, 2.75) is 32.2 Å². The number of nitrogens with one attached hydrogen (secondary N) is 1. The van der Waals surface area contributed by atoms with Gasteiger partial charge in [0.2, 0.25) is 5.75 Å². The Balaban J connectivity index is 3.09. The van der Waals surface area contributed by atoms with E-state index in [0.29, 0.717) is 22.8 Å². The standard InChI is InChI=1S/C17H25NO7/c1-5-6-7-25-17(21)18-12(10-15(19)20)11-8-13(22-2)16(24-4)14(9-11)23-3/h8-9,12H,5-7,10H2,1-4H3,(H,18,21)(H,19,20). The van der Waals surface area contributed by atoms with Gasteiger partial charge in [-0.1, -0.05) is 13.3 Å². The predicted molar refractivity (Wildman–Crippen MR) is 90.5 cm³/mol. The van der Waals surface area contributed by atoms with Gasteiger partial charge < -0.3 is 29.4 Å². The van der Waals surface area contributed by atoms with Gasteiger partial charge in [0.25, 0.3) is 0 Å². The normalized spacial score (nSPS) is 11.4. The first-order chi connectivity index (χ1) is 12.0. The molecule has 1 amide bonds. The number of methoxy groups -OCH3 is 3. The number of alkyl carbamates (subject to hydrolysis) is 1. The van der Waals surface area contributed by atoms with E-state index in [4.69, 9.17) is 24.1 Å². The van der Waals surface area contributed by atoms with Crippen molar-refractivity contribution >= 4 is 12.1 Å². The van der Waals surface area contributed by atoms with Gasteiger partial charge in [0.15, 0.2) is 11.5 Å². The summed E-state index contributed by atoms with van der Waals surface area (Å²) in [6.45, 7) is 2.25. The van der Waals surface area contributed by atoms with E-state index in [1.807, 2.05) is 6.92 Å². The van der Waals surface area contributed by atoms with E-state index in [0.717, 1.165) is 12.8 Å². The van der Waals surface area contributed by atoms with Gasteiger partial charge in [-0.3, -0.25) is 4.79 Å². The fraction of sp³-hybridized carbons (Fsp3) is 0.529. The number of ether oxygens (including phenoxy) is 4. The first-order valence-corrected chi connectivity index (χ1v) is 7.91. The fourth-order valence-electron chi connectivity index (χ4n) is 2.22. The van der Waals surface area contributed by atoms with Crippen LogP contribution < -0.4 is 19.5 Å². The molecule has 0 aromatic heterocycles. The molecule has 140 valence electrons. The summed E-state index contributed by atoms with van der Waals surface area (Å²) in [6, 6.07) is 2.39. The van der Waals surface area contributed by atoms with Crippen LogP contribution in [0.25, 0.3) is 0 Å². The lowest BCUT2D eigenvalue weighted by Crippen LogP contribution is -2.31. The maximum Gasteiger partial charge on any atom is 0.407 e. The minimum Gasteiger partial charge on any atom is -0.493 e. The Labute approximate surface area is 147 Å². The molecular formula is C17H25NO7. The number of aliphatic carboxylic acids is 1. The van der Waals surface area contributed by atoms with E-state index in [-0.39, 0.29) is 13.0 Å². The molecule has 1 aromatic carbocycles. The number of carboxylic acid groups (broad SMARTS) is 1. The summed E-state index contributed by atoms with van der Waals surface area (Å²) in [5.41, 5.74) is 0.504. The second-order valence-corrected chi connectivity index (χ2v) is 5.24. The van der Waals surface area contributed by atoms with Gasteiger partial charge in [0.05, 0.1) is 40.4 Å². The summed E-state index contributed by atoms with van der Waals surface area (Å²) in [4.78, 5) is 23.1. The molecule has 2 N–H and O–H groups in total. The maximum atomic E-state index is 11.9. The van der Waals surface area contributed by atoms with Gasteiger partial charge in [-0.2, -0.15) is 0 Å². The van der Waals surface area contributed by atoms with Crippen molar-refractivity contribution in [1.82, 2.24) is 5.32 Å². The molecule has 1 atom stereocenters. The number of amides is 1. The minimum absolute atomic E-state index is 0.275. The Hall–Kier alpha value is -2.64. The molecule has 0 fully saturated rings. The highest BCUT2D eigenvalue weighted by molar-refractivity contribution is 5.72. The third-order valence-corrected chi connectivity index (χ3v) is 3.49. The average Bonchev–Trinajstić information content (AvgIpc) is 2.59. The second-order valence-electron chi connectivity index (χ2n) is 5.24. The highest BCUT2D eigenvalue weighted by Gasteiger charge is 2.23. The SMILES string of the molecule is CCCCOC(=O)NC(CC(=O)O)c1cc(OC)c(OC)c(OC)c1. The molecule has 0 aliphatic rings. The maximum absolute atomic E-state index is 11.9. The first kappa shape index (κ1) is 20.4. The summed E-state index contributed by atoms with van der Waals surface area (Å²) in [7, 11) is 4.39. The minimum atomic E-state index is -1.06. The zero-order valence-corrected chi connectivity index (χ0v) is 15.0. The molecule has 0 saturated heterocycles. The average molecular weight is 355 g/mol. The summed E-state index contributed by atoms with van der Waals surface area (Å²) < 4.78 is 20.8. The molecule has 0 saturated carbocycles. The Bertz CT molecular complexity index is 563. The van der Waals surface area contributed by atoms with E-state index in [9.17, 15) is 9.59 Å². The van der Waals surface area contributed by atoms with Gasteiger partial charge >= 0.3 is 12.1 Å². The van der Waals surface area contributed by atoms with Crippen LogP contribution in [0.5, 0.6) is 17.2 Å². The van der Waals surface area contributed by atoms with Crippen LogP contribution in [0.2, 0.25) is 0 Å². The summed E-state index contributed by atoms with van der Waals surface area (Å²) in [6.07, 6.45) is 0.634. The lowest BCUT2D eigenvalue weighted by molar-refractivity contribution is -0.137. The van der Waals surface area contributed by atoms with E-state index >= 15 is 0 Å². The van der Waals surface area contributed by atoms with Crippen LogP contribution in [0.15, 0.2) is 12.1 Å². The van der Waals surface area contributed by atoms with Crippen molar-refractivity contribution in [3.63, 3.8) is 0 Å². The quantitative estimate of drug-likeness (QED) is 0.622. The van der Waals surface area contributed by atoms with Gasteiger partial charge in [-0.05, 0) is 24.1 Å². The first-order valence-electron chi connectivity index (χ1n) is 7.91. The number of carboxylic acids is 1. The highest BCUT2D eigenvalue weighted by atomic mass is 16.5. The predicted octanol–water partition coefficient (Wildman–Crippen LogP) is 2.75. The van der Waals surface area contributed by atoms with Crippen LogP contribution in [0.3, 0.4) is 0 Å². The van der Waals surface area contributed by atoms with Crippen LogP contribution in [-0.4, -0.2) is 45.1 Å². The topological polar surface area (TPSA) is 103 Å². The molecule has 1 rings (SSSR count). The van der Waals surface area contributed by atoms with E-state index < -0.39 is 18.1 Å². The summed E-state index contributed by atoms with van der Waals surface area (Å²) >= 11 is 0. The number of unbranched alkanes of at least 4 members (excludes halogenated alkanes) is 1. The molecular weight excluding hydrogens is 330 g/mol. The van der Waals surface area contributed by atoms with Crippen molar-refractivity contribution in [1.29, 1.82) is 0 Å². The molecule has 0 spiro atoms. The van der Waals surface area contributed by atoms with E-state index in [1.165, 1.54) is 21.3 Å². The Morgan fingerprint density at radius 3 is 2.16 bits per heavy atom. The van der Waals surface area contributed by atoms with Crippen molar-refractivity contribution in [3.8, 4) is 17.2 Å². The molecule has 8 heteroatoms. The zero-order chi connectivity index (χ0) is 18.8. The number of carbonyl (C=O) groups is 2. The van der Waals surface area contributed by atoms with Crippen LogP contribution in [0.1, 0.15) is 37.8 Å². The lowest BCUT2D eigenvalue weighted by Gasteiger charge is -2.20. The number of benzene rings is 1. The van der Waals surface area contributed by atoms with Crippen LogP contribution in [0.4, 0.5) is 4.79 Å². The van der Waals surface area contributed by atoms with Gasteiger partial charge in [0, 0.05) is 0 Å². The number of hydrogen-bond donors (Lipinski definition) is 2.